The van der Waals surface area contributed by atoms with Crippen LogP contribution in [0.5, 0.6) is 0 Å². The lowest BCUT2D eigenvalue weighted by atomic mass is 10.0. The van der Waals surface area contributed by atoms with Crippen LogP contribution in [-0.2, 0) is 23.1 Å². The summed E-state index contributed by atoms with van der Waals surface area (Å²) in [6, 6.07) is 1.76. The van der Waals surface area contributed by atoms with E-state index in [9.17, 15) is 4.79 Å². The Balaban J connectivity index is 1.76. The van der Waals surface area contributed by atoms with Gasteiger partial charge in [-0.15, -0.1) is 0 Å². The highest BCUT2D eigenvalue weighted by Gasteiger charge is 2.32. The third-order valence-electron chi connectivity index (χ3n) is 4.04. The highest BCUT2D eigenvalue weighted by molar-refractivity contribution is 6.30. The monoisotopic (exact) mass is 343 g/mol. The second kappa shape index (κ2) is 7.55. The molecule has 1 saturated heterocycles. The van der Waals surface area contributed by atoms with Gasteiger partial charge in [-0.3, -0.25) is 0 Å². The standard InChI is InChI=1S/C16H26ClN3O3/c1-12(8-16(2)22-5-6-23-16)9-18-15(21)20(4)11-14-7-13(17)10-19(14)3/h7,10,12H,5-6,8-9,11H2,1-4H3,(H,18,21)/t12-/m0/s1. The van der Waals surface area contributed by atoms with Crippen molar-refractivity contribution in [2.45, 2.75) is 32.6 Å². The van der Waals surface area contributed by atoms with Crippen molar-refractivity contribution in [2.75, 3.05) is 26.8 Å². The van der Waals surface area contributed by atoms with Crippen LogP contribution in [0.25, 0.3) is 0 Å². The second-order valence-electron chi connectivity index (χ2n) is 6.44. The molecule has 2 amide bonds. The molecule has 0 bridgehead atoms. The fourth-order valence-electron chi connectivity index (χ4n) is 2.81. The Morgan fingerprint density at radius 1 is 1.52 bits per heavy atom. The summed E-state index contributed by atoms with van der Waals surface area (Å²) >= 11 is 5.96. The molecule has 7 heteroatoms. The first-order valence-electron chi connectivity index (χ1n) is 7.87. The van der Waals surface area contributed by atoms with Gasteiger partial charge in [0.15, 0.2) is 5.79 Å². The van der Waals surface area contributed by atoms with E-state index in [0.717, 1.165) is 12.1 Å². The van der Waals surface area contributed by atoms with Gasteiger partial charge in [0.1, 0.15) is 0 Å². The summed E-state index contributed by atoms with van der Waals surface area (Å²) in [5, 5.41) is 3.63. The molecule has 23 heavy (non-hydrogen) atoms. The van der Waals surface area contributed by atoms with Crippen LogP contribution in [0.3, 0.4) is 0 Å². The molecule has 0 unspecified atom stereocenters. The number of urea groups is 1. The van der Waals surface area contributed by atoms with Gasteiger partial charge in [0, 0.05) is 39.0 Å². The second-order valence-corrected chi connectivity index (χ2v) is 6.88. The smallest absolute Gasteiger partial charge is 0.317 e. The van der Waals surface area contributed by atoms with Crippen molar-refractivity contribution in [2.24, 2.45) is 13.0 Å². The van der Waals surface area contributed by atoms with Crippen LogP contribution >= 0.6 is 11.6 Å². The van der Waals surface area contributed by atoms with Gasteiger partial charge in [-0.05, 0) is 18.9 Å². The molecule has 1 N–H and O–H groups in total. The highest BCUT2D eigenvalue weighted by atomic mass is 35.5. The predicted molar refractivity (Wildman–Crippen MR) is 89.4 cm³/mol. The van der Waals surface area contributed by atoms with Gasteiger partial charge in [0.05, 0.1) is 24.8 Å². The van der Waals surface area contributed by atoms with Gasteiger partial charge in [0.2, 0.25) is 0 Å². The third-order valence-corrected chi connectivity index (χ3v) is 4.25. The van der Waals surface area contributed by atoms with Crippen LogP contribution in [0, 0.1) is 5.92 Å². The summed E-state index contributed by atoms with van der Waals surface area (Å²) in [6.45, 7) is 6.39. The summed E-state index contributed by atoms with van der Waals surface area (Å²) in [4.78, 5) is 13.8. The largest absolute Gasteiger partial charge is 0.351 e. The van der Waals surface area contributed by atoms with Crippen LogP contribution in [0.1, 0.15) is 26.0 Å². The number of amides is 2. The van der Waals surface area contributed by atoms with E-state index in [0.29, 0.717) is 31.3 Å². The number of ether oxygens (including phenoxy) is 2. The minimum atomic E-state index is -0.518. The maximum atomic E-state index is 12.2. The Kier molecular flexibility index (Phi) is 5.95. The Morgan fingerprint density at radius 2 is 2.17 bits per heavy atom. The molecule has 1 atom stereocenters. The number of halogens is 1. The van der Waals surface area contributed by atoms with Gasteiger partial charge >= 0.3 is 6.03 Å². The maximum Gasteiger partial charge on any atom is 0.317 e. The number of hydrogen-bond acceptors (Lipinski definition) is 3. The first-order valence-corrected chi connectivity index (χ1v) is 8.24. The Bertz CT molecular complexity index is 541. The fourth-order valence-corrected chi connectivity index (χ4v) is 3.09. The maximum absolute atomic E-state index is 12.2. The van der Waals surface area contributed by atoms with Gasteiger partial charge in [-0.1, -0.05) is 18.5 Å². The molecular weight excluding hydrogens is 318 g/mol. The van der Waals surface area contributed by atoms with Gasteiger partial charge in [0.25, 0.3) is 0 Å². The van der Waals surface area contributed by atoms with Crippen LogP contribution in [0.15, 0.2) is 12.3 Å². The van der Waals surface area contributed by atoms with E-state index in [1.807, 2.05) is 30.8 Å². The molecule has 6 nitrogen and oxygen atoms in total. The molecule has 1 aliphatic heterocycles. The SMILES string of the molecule is C[C@H](CNC(=O)N(C)Cc1cc(Cl)cn1C)CC1(C)OCCO1. The topological polar surface area (TPSA) is 55.7 Å². The fraction of sp³-hybridized carbons (Fsp3) is 0.688. The minimum Gasteiger partial charge on any atom is -0.351 e. The van der Waals surface area contributed by atoms with E-state index in [-0.39, 0.29) is 11.9 Å². The third kappa shape index (κ3) is 5.12. The van der Waals surface area contributed by atoms with Crippen molar-refractivity contribution in [1.29, 1.82) is 0 Å². The molecule has 1 aliphatic rings. The Morgan fingerprint density at radius 3 is 2.74 bits per heavy atom. The number of aryl methyl sites for hydroxylation is 1. The molecule has 130 valence electrons. The first-order chi connectivity index (χ1) is 10.8. The quantitative estimate of drug-likeness (QED) is 0.863. The molecule has 1 aromatic heterocycles. The summed E-state index contributed by atoms with van der Waals surface area (Å²) in [7, 11) is 3.68. The lowest BCUT2D eigenvalue weighted by Gasteiger charge is -2.26. The van der Waals surface area contributed by atoms with E-state index >= 15 is 0 Å². The number of nitrogens with one attached hydrogen (secondary N) is 1. The van der Waals surface area contributed by atoms with E-state index < -0.39 is 5.79 Å². The number of nitrogens with zero attached hydrogens (tertiary/aromatic N) is 2. The molecule has 1 aromatic rings. The van der Waals surface area contributed by atoms with Crippen LogP contribution < -0.4 is 5.32 Å². The first kappa shape index (κ1) is 18.1. The minimum absolute atomic E-state index is 0.104. The zero-order valence-corrected chi connectivity index (χ0v) is 15.0. The predicted octanol–water partition coefficient (Wildman–Crippen LogP) is 2.61. The van der Waals surface area contributed by atoms with Gasteiger partial charge < -0.3 is 24.3 Å². The number of aromatic nitrogens is 1. The zero-order chi connectivity index (χ0) is 17.0. The zero-order valence-electron chi connectivity index (χ0n) is 14.3. The number of carbonyl (C=O) groups is 1. The van der Waals surface area contributed by atoms with Crippen LogP contribution in [-0.4, -0.2) is 48.1 Å². The molecule has 2 rings (SSSR count). The van der Waals surface area contributed by atoms with Gasteiger partial charge in [-0.2, -0.15) is 0 Å². The molecule has 0 aromatic carbocycles. The molecule has 0 saturated carbocycles. The van der Waals surface area contributed by atoms with E-state index in [1.54, 1.807) is 11.9 Å². The van der Waals surface area contributed by atoms with Gasteiger partial charge in [-0.25, -0.2) is 4.79 Å². The van der Waals surface area contributed by atoms with E-state index in [2.05, 4.69) is 12.2 Å². The molecule has 0 aliphatic carbocycles. The van der Waals surface area contributed by atoms with Crippen molar-refractivity contribution in [3.8, 4) is 0 Å². The molecule has 0 spiro atoms. The molecular formula is C16H26ClN3O3. The van der Waals surface area contributed by atoms with E-state index in [4.69, 9.17) is 21.1 Å². The summed E-state index contributed by atoms with van der Waals surface area (Å²) in [5.41, 5.74) is 0.987. The lowest BCUT2D eigenvalue weighted by molar-refractivity contribution is -0.153. The van der Waals surface area contributed by atoms with Crippen LogP contribution in [0.4, 0.5) is 4.79 Å². The van der Waals surface area contributed by atoms with Crippen LogP contribution in [0.2, 0.25) is 5.02 Å². The normalized spacial score (nSPS) is 18.0. The number of rotatable bonds is 6. The number of hydrogen-bond donors (Lipinski definition) is 1. The summed E-state index contributed by atoms with van der Waals surface area (Å²) < 4.78 is 13.1. The molecule has 0 radical (unpaired) electrons. The van der Waals surface area contributed by atoms with Crippen molar-refractivity contribution in [3.05, 3.63) is 23.0 Å². The highest BCUT2D eigenvalue weighted by Crippen LogP contribution is 2.26. The average molecular weight is 344 g/mol. The summed E-state index contributed by atoms with van der Waals surface area (Å²) in [5.74, 6) is -0.254. The lowest BCUT2D eigenvalue weighted by Crippen LogP contribution is -2.40. The molecule has 1 fully saturated rings. The van der Waals surface area contributed by atoms with Crippen molar-refractivity contribution in [1.82, 2.24) is 14.8 Å². The molecule has 2 heterocycles. The van der Waals surface area contributed by atoms with Crippen molar-refractivity contribution < 1.29 is 14.3 Å². The number of carbonyl (C=O) groups excluding carboxylic acids is 1. The van der Waals surface area contributed by atoms with Crippen molar-refractivity contribution >= 4 is 17.6 Å². The average Bonchev–Trinajstić information content (AvgIpc) is 3.02. The van der Waals surface area contributed by atoms with Crippen molar-refractivity contribution in [3.63, 3.8) is 0 Å². The Labute approximate surface area is 142 Å². The summed E-state index contributed by atoms with van der Waals surface area (Å²) in [6.07, 6.45) is 2.58. The Hall–Kier alpha value is -1.24. The van der Waals surface area contributed by atoms with E-state index in [1.165, 1.54) is 0 Å².